The van der Waals surface area contributed by atoms with Crippen LogP contribution in [0.3, 0.4) is 0 Å². The fraction of sp³-hybridized carbons (Fsp3) is 0.500. The zero-order valence-electron chi connectivity index (χ0n) is 7.82. The first-order valence-electron chi connectivity index (χ1n) is 4.32. The minimum Gasteiger partial charge on any atom is -0.386 e. The van der Waals surface area contributed by atoms with Crippen LogP contribution in [0.2, 0.25) is 0 Å². The second-order valence-corrected chi connectivity index (χ2v) is 4.00. The van der Waals surface area contributed by atoms with Gasteiger partial charge in [0.25, 0.3) is 0 Å². The van der Waals surface area contributed by atoms with Crippen molar-refractivity contribution in [2.75, 3.05) is 0 Å². The SMILES string of the molecule is CCC(C#N)C(O)c1sccc1C. The lowest BCUT2D eigenvalue weighted by atomic mass is 9.98. The van der Waals surface area contributed by atoms with E-state index in [1.807, 2.05) is 25.3 Å². The summed E-state index contributed by atoms with van der Waals surface area (Å²) in [6.45, 7) is 3.87. The van der Waals surface area contributed by atoms with E-state index in [9.17, 15) is 5.11 Å². The Kier molecular flexibility index (Phi) is 3.47. The molecule has 2 atom stereocenters. The molecule has 0 bridgehead atoms. The molecule has 13 heavy (non-hydrogen) atoms. The number of hydrogen-bond acceptors (Lipinski definition) is 3. The van der Waals surface area contributed by atoms with Crippen LogP contribution in [-0.4, -0.2) is 5.11 Å². The number of aliphatic hydroxyl groups excluding tert-OH is 1. The molecule has 0 saturated heterocycles. The number of thiophene rings is 1. The number of nitriles is 1. The summed E-state index contributed by atoms with van der Waals surface area (Å²) in [5, 5.41) is 20.6. The van der Waals surface area contributed by atoms with Crippen molar-refractivity contribution in [3.05, 3.63) is 21.9 Å². The highest BCUT2D eigenvalue weighted by molar-refractivity contribution is 7.10. The zero-order valence-corrected chi connectivity index (χ0v) is 8.64. The van der Waals surface area contributed by atoms with Crippen molar-refractivity contribution >= 4 is 11.3 Å². The van der Waals surface area contributed by atoms with Crippen LogP contribution in [0, 0.1) is 24.2 Å². The summed E-state index contributed by atoms with van der Waals surface area (Å²) < 4.78 is 0. The highest BCUT2D eigenvalue weighted by Crippen LogP contribution is 2.30. The summed E-state index contributed by atoms with van der Waals surface area (Å²) in [4.78, 5) is 0.924. The number of nitrogens with zero attached hydrogens (tertiary/aromatic N) is 1. The van der Waals surface area contributed by atoms with Crippen molar-refractivity contribution < 1.29 is 5.11 Å². The van der Waals surface area contributed by atoms with Crippen molar-refractivity contribution in [3.63, 3.8) is 0 Å². The standard InChI is InChI=1S/C10H13NOS/c1-3-8(6-11)9(12)10-7(2)4-5-13-10/h4-5,8-9,12H,3H2,1-2H3. The lowest BCUT2D eigenvalue weighted by Gasteiger charge is -2.13. The normalized spacial score (nSPS) is 14.9. The van der Waals surface area contributed by atoms with Crippen molar-refractivity contribution in [2.45, 2.75) is 26.4 Å². The third-order valence-corrected chi connectivity index (χ3v) is 3.25. The molecule has 0 radical (unpaired) electrons. The van der Waals surface area contributed by atoms with Crippen LogP contribution in [0.5, 0.6) is 0 Å². The van der Waals surface area contributed by atoms with Gasteiger partial charge < -0.3 is 5.11 Å². The van der Waals surface area contributed by atoms with Gasteiger partial charge in [-0.1, -0.05) is 6.92 Å². The summed E-state index contributed by atoms with van der Waals surface area (Å²) in [7, 11) is 0. The van der Waals surface area contributed by atoms with Gasteiger partial charge in [-0.15, -0.1) is 11.3 Å². The Morgan fingerprint density at radius 2 is 2.38 bits per heavy atom. The van der Waals surface area contributed by atoms with Gasteiger partial charge in [0.15, 0.2) is 0 Å². The van der Waals surface area contributed by atoms with Crippen LogP contribution < -0.4 is 0 Å². The van der Waals surface area contributed by atoms with E-state index < -0.39 is 6.10 Å². The topological polar surface area (TPSA) is 44.0 Å². The largest absolute Gasteiger partial charge is 0.386 e. The third-order valence-electron chi connectivity index (χ3n) is 2.16. The smallest absolute Gasteiger partial charge is 0.104 e. The number of aryl methyl sites for hydroxylation is 1. The minimum atomic E-state index is -0.616. The third kappa shape index (κ3) is 2.09. The molecule has 0 aromatic carbocycles. The first-order chi connectivity index (χ1) is 6.20. The van der Waals surface area contributed by atoms with Gasteiger partial charge in [-0.2, -0.15) is 5.26 Å². The van der Waals surface area contributed by atoms with Gasteiger partial charge in [0.2, 0.25) is 0 Å². The average molecular weight is 195 g/mol. The van der Waals surface area contributed by atoms with Gasteiger partial charge in [0.05, 0.1) is 12.0 Å². The van der Waals surface area contributed by atoms with Gasteiger partial charge in [0.1, 0.15) is 6.10 Å². The van der Waals surface area contributed by atoms with E-state index in [0.29, 0.717) is 6.42 Å². The summed E-state index contributed by atoms with van der Waals surface area (Å²) in [5.74, 6) is -0.280. The Hall–Kier alpha value is -0.850. The van der Waals surface area contributed by atoms with Crippen LogP contribution in [-0.2, 0) is 0 Å². The molecule has 0 aliphatic carbocycles. The molecule has 2 nitrogen and oxygen atoms in total. The highest BCUT2D eigenvalue weighted by atomic mass is 32.1. The summed E-state index contributed by atoms with van der Waals surface area (Å²) in [5.41, 5.74) is 1.08. The van der Waals surface area contributed by atoms with Crippen LogP contribution in [0.1, 0.15) is 29.9 Å². The van der Waals surface area contributed by atoms with E-state index in [4.69, 9.17) is 5.26 Å². The number of rotatable bonds is 3. The van der Waals surface area contributed by atoms with Crippen molar-refractivity contribution in [3.8, 4) is 6.07 Å². The Bertz CT molecular complexity index is 313. The molecule has 1 aromatic rings. The molecule has 1 rings (SSSR count). The number of aliphatic hydroxyl groups is 1. The van der Waals surface area contributed by atoms with E-state index in [0.717, 1.165) is 10.4 Å². The Balaban J connectivity index is 2.85. The van der Waals surface area contributed by atoms with Crippen molar-refractivity contribution in [2.24, 2.45) is 5.92 Å². The Morgan fingerprint density at radius 1 is 1.69 bits per heavy atom. The van der Waals surface area contributed by atoms with E-state index in [2.05, 4.69) is 6.07 Å². The molecule has 1 heterocycles. The Morgan fingerprint density at radius 3 is 2.77 bits per heavy atom. The highest BCUT2D eigenvalue weighted by Gasteiger charge is 2.21. The molecule has 0 fully saturated rings. The summed E-state index contributed by atoms with van der Waals surface area (Å²) in [6.07, 6.45) is 0.0737. The maximum Gasteiger partial charge on any atom is 0.104 e. The zero-order chi connectivity index (χ0) is 9.84. The lowest BCUT2D eigenvalue weighted by molar-refractivity contribution is 0.136. The van der Waals surface area contributed by atoms with Gasteiger partial charge in [0, 0.05) is 4.88 Å². The van der Waals surface area contributed by atoms with E-state index in [-0.39, 0.29) is 5.92 Å². The molecule has 3 heteroatoms. The molecule has 0 amide bonds. The maximum absolute atomic E-state index is 9.84. The van der Waals surface area contributed by atoms with Gasteiger partial charge >= 0.3 is 0 Å². The molecule has 1 N–H and O–H groups in total. The van der Waals surface area contributed by atoms with Gasteiger partial charge in [-0.05, 0) is 30.4 Å². The van der Waals surface area contributed by atoms with E-state index >= 15 is 0 Å². The van der Waals surface area contributed by atoms with Gasteiger partial charge in [-0.25, -0.2) is 0 Å². The van der Waals surface area contributed by atoms with E-state index in [1.54, 1.807) is 0 Å². The fourth-order valence-electron chi connectivity index (χ4n) is 1.26. The fourth-order valence-corrected chi connectivity index (χ4v) is 2.23. The van der Waals surface area contributed by atoms with Crippen LogP contribution >= 0.6 is 11.3 Å². The van der Waals surface area contributed by atoms with Crippen LogP contribution in [0.15, 0.2) is 11.4 Å². The maximum atomic E-state index is 9.84. The predicted molar refractivity (Wildman–Crippen MR) is 53.4 cm³/mol. The summed E-state index contributed by atoms with van der Waals surface area (Å²) >= 11 is 1.52. The predicted octanol–water partition coefficient (Wildman–Crippen LogP) is 2.64. The molecule has 70 valence electrons. The lowest BCUT2D eigenvalue weighted by Crippen LogP contribution is -2.09. The molecular weight excluding hydrogens is 182 g/mol. The summed E-state index contributed by atoms with van der Waals surface area (Å²) in [6, 6.07) is 4.09. The molecule has 2 unspecified atom stereocenters. The van der Waals surface area contributed by atoms with Crippen molar-refractivity contribution in [1.29, 1.82) is 5.26 Å². The monoisotopic (exact) mass is 195 g/mol. The van der Waals surface area contributed by atoms with Gasteiger partial charge in [-0.3, -0.25) is 0 Å². The molecule has 0 aliphatic rings. The van der Waals surface area contributed by atoms with E-state index in [1.165, 1.54) is 11.3 Å². The van der Waals surface area contributed by atoms with Crippen LogP contribution in [0.4, 0.5) is 0 Å². The molecule has 1 aromatic heterocycles. The minimum absolute atomic E-state index is 0.280. The second kappa shape index (κ2) is 4.40. The molecule has 0 aliphatic heterocycles. The molecular formula is C10H13NOS. The molecule has 0 saturated carbocycles. The quantitative estimate of drug-likeness (QED) is 0.805. The van der Waals surface area contributed by atoms with Crippen molar-refractivity contribution in [1.82, 2.24) is 0 Å². The molecule has 0 spiro atoms. The van der Waals surface area contributed by atoms with Crippen LogP contribution in [0.25, 0.3) is 0 Å². The average Bonchev–Trinajstić information content (AvgIpc) is 2.53. The first kappa shape index (κ1) is 10.2. The second-order valence-electron chi connectivity index (χ2n) is 3.06. The first-order valence-corrected chi connectivity index (χ1v) is 5.20. The number of hydrogen-bond donors (Lipinski definition) is 1. The Labute approximate surface area is 82.4 Å².